The Hall–Kier alpha value is -2.29. The predicted octanol–water partition coefficient (Wildman–Crippen LogP) is 2.83. The molecule has 3 nitrogen and oxygen atoms in total. The van der Waals surface area contributed by atoms with Crippen LogP contribution in [0.25, 0.3) is 0 Å². The second-order valence-electron chi connectivity index (χ2n) is 4.35. The molecular formula is C15H15N3. The standard InChI is InChI=1S/C15H15N3/c1-2-4-14(5-3-1)12-17-10-11-18(13-17)15-6-8-16-9-7-15/h1-11H,12-13H2. The molecule has 1 aromatic heterocycles. The van der Waals surface area contributed by atoms with Crippen molar-refractivity contribution in [1.82, 2.24) is 9.88 Å². The highest BCUT2D eigenvalue weighted by atomic mass is 15.3. The van der Waals surface area contributed by atoms with Gasteiger partial charge >= 0.3 is 0 Å². The number of rotatable bonds is 3. The Balaban J connectivity index is 1.65. The molecule has 0 N–H and O–H groups in total. The molecule has 0 amide bonds. The van der Waals surface area contributed by atoms with Gasteiger partial charge in [0.1, 0.15) is 0 Å². The van der Waals surface area contributed by atoms with Crippen LogP contribution in [0, 0.1) is 0 Å². The monoisotopic (exact) mass is 237 g/mol. The van der Waals surface area contributed by atoms with Crippen LogP contribution in [-0.4, -0.2) is 16.6 Å². The van der Waals surface area contributed by atoms with E-state index in [2.05, 4.69) is 51.4 Å². The van der Waals surface area contributed by atoms with Crippen LogP contribution < -0.4 is 4.90 Å². The fraction of sp³-hybridized carbons (Fsp3) is 0.133. The van der Waals surface area contributed by atoms with Gasteiger partial charge in [0.25, 0.3) is 0 Å². The third-order valence-corrected chi connectivity index (χ3v) is 3.01. The first-order chi connectivity index (χ1) is 8.92. The Kier molecular flexibility index (Phi) is 2.96. The van der Waals surface area contributed by atoms with Crippen LogP contribution in [0.5, 0.6) is 0 Å². The minimum Gasteiger partial charge on any atom is -0.354 e. The SMILES string of the molecule is C1=CN(c2ccncc2)CN1Cc1ccccc1. The number of hydrogen-bond donors (Lipinski definition) is 0. The summed E-state index contributed by atoms with van der Waals surface area (Å²) < 4.78 is 0. The minimum absolute atomic E-state index is 0.888. The summed E-state index contributed by atoms with van der Waals surface area (Å²) in [6, 6.07) is 14.6. The Morgan fingerprint density at radius 3 is 2.50 bits per heavy atom. The zero-order valence-electron chi connectivity index (χ0n) is 10.1. The van der Waals surface area contributed by atoms with Crippen LogP contribution in [0.4, 0.5) is 5.69 Å². The molecule has 0 bridgehead atoms. The summed E-state index contributed by atoms with van der Waals surface area (Å²) in [6.45, 7) is 1.83. The molecule has 0 saturated heterocycles. The van der Waals surface area contributed by atoms with E-state index in [9.17, 15) is 0 Å². The highest BCUT2D eigenvalue weighted by Crippen LogP contribution is 2.19. The van der Waals surface area contributed by atoms with Gasteiger partial charge in [0, 0.05) is 37.0 Å². The fourth-order valence-electron chi connectivity index (χ4n) is 2.09. The molecule has 0 atom stereocenters. The Bertz CT molecular complexity index is 522. The normalized spacial score (nSPS) is 14.2. The average Bonchev–Trinajstić information content (AvgIpc) is 2.89. The first kappa shape index (κ1) is 10.8. The number of hydrogen-bond acceptors (Lipinski definition) is 3. The Labute approximate surface area is 107 Å². The smallest absolute Gasteiger partial charge is 0.0945 e. The van der Waals surface area contributed by atoms with Gasteiger partial charge in [-0.2, -0.15) is 0 Å². The van der Waals surface area contributed by atoms with E-state index < -0.39 is 0 Å². The van der Waals surface area contributed by atoms with E-state index in [1.165, 1.54) is 11.3 Å². The van der Waals surface area contributed by atoms with Crippen molar-refractivity contribution in [2.24, 2.45) is 0 Å². The van der Waals surface area contributed by atoms with E-state index in [1.807, 2.05) is 30.6 Å². The number of aromatic nitrogens is 1. The van der Waals surface area contributed by atoms with Crippen molar-refractivity contribution in [3.63, 3.8) is 0 Å². The maximum Gasteiger partial charge on any atom is 0.0945 e. The fourth-order valence-corrected chi connectivity index (χ4v) is 2.09. The molecule has 18 heavy (non-hydrogen) atoms. The molecule has 90 valence electrons. The summed E-state index contributed by atoms with van der Waals surface area (Å²) in [4.78, 5) is 8.54. The maximum atomic E-state index is 4.04. The lowest BCUT2D eigenvalue weighted by Gasteiger charge is -2.21. The zero-order valence-corrected chi connectivity index (χ0v) is 10.1. The van der Waals surface area contributed by atoms with Gasteiger partial charge in [0.15, 0.2) is 0 Å². The minimum atomic E-state index is 0.888. The van der Waals surface area contributed by atoms with Crippen molar-refractivity contribution in [3.05, 3.63) is 72.8 Å². The number of pyridine rings is 1. The molecule has 2 aromatic rings. The molecule has 0 spiro atoms. The zero-order chi connectivity index (χ0) is 12.2. The van der Waals surface area contributed by atoms with Crippen molar-refractivity contribution in [1.29, 1.82) is 0 Å². The van der Waals surface area contributed by atoms with Crippen LogP contribution in [0.15, 0.2) is 67.3 Å². The van der Waals surface area contributed by atoms with E-state index >= 15 is 0 Å². The highest BCUT2D eigenvalue weighted by molar-refractivity contribution is 5.48. The quantitative estimate of drug-likeness (QED) is 0.818. The molecule has 0 fully saturated rings. The molecule has 3 rings (SSSR count). The van der Waals surface area contributed by atoms with Gasteiger partial charge < -0.3 is 9.80 Å². The lowest BCUT2D eigenvalue weighted by atomic mass is 10.2. The van der Waals surface area contributed by atoms with Gasteiger partial charge in [-0.25, -0.2) is 0 Å². The number of nitrogens with zero attached hydrogens (tertiary/aromatic N) is 3. The lowest BCUT2D eigenvalue weighted by Crippen LogP contribution is -2.24. The van der Waals surface area contributed by atoms with Crippen LogP contribution in [0.2, 0.25) is 0 Å². The van der Waals surface area contributed by atoms with Crippen LogP contribution in [-0.2, 0) is 6.54 Å². The average molecular weight is 237 g/mol. The predicted molar refractivity (Wildman–Crippen MR) is 72.7 cm³/mol. The van der Waals surface area contributed by atoms with E-state index in [0.29, 0.717) is 0 Å². The van der Waals surface area contributed by atoms with Gasteiger partial charge in [0.05, 0.1) is 6.67 Å². The summed E-state index contributed by atoms with van der Waals surface area (Å²) in [6.07, 6.45) is 7.89. The largest absolute Gasteiger partial charge is 0.354 e. The van der Waals surface area contributed by atoms with Crippen molar-refractivity contribution in [3.8, 4) is 0 Å². The van der Waals surface area contributed by atoms with E-state index in [0.717, 1.165) is 13.2 Å². The summed E-state index contributed by atoms with van der Waals surface area (Å²) in [5, 5.41) is 0. The van der Waals surface area contributed by atoms with E-state index in [1.54, 1.807) is 0 Å². The third-order valence-electron chi connectivity index (χ3n) is 3.01. The van der Waals surface area contributed by atoms with E-state index in [-0.39, 0.29) is 0 Å². The number of anilines is 1. The van der Waals surface area contributed by atoms with Crippen molar-refractivity contribution in [2.45, 2.75) is 6.54 Å². The van der Waals surface area contributed by atoms with Crippen LogP contribution in [0.1, 0.15) is 5.56 Å². The first-order valence-corrected chi connectivity index (χ1v) is 6.05. The molecule has 1 aromatic carbocycles. The molecule has 0 saturated carbocycles. The lowest BCUT2D eigenvalue weighted by molar-refractivity contribution is 0.400. The molecule has 1 aliphatic rings. The third kappa shape index (κ3) is 2.35. The molecule has 0 unspecified atom stereocenters. The maximum absolute atomic E-state index is 4.04. The van der Waals surface area contributed by atoms with Gasteiger partial charge in [-0.1, -0.05) is 30.3 Å². The molecular weight excluding hydrogens is 222 g/mol. The second kappa shape index (κ2) is 4.92. The topological polar surface area (TPSA) is 19.4 Å². The highest BCUT2D eigenvalue weighted by Gasteiger charge is 2.13. The van der Waals surface area contributed by atoms with Crippen molar-refractivity contribution >= 4 is 5.69 Å². The summed E-state index contributed by atoms with van der Waals surface area (Å²) in [5.41, 5.74) is 2.51. The first-order valence-electron chi connectivity index (χ1n) is 6.05. The molecule has 0 radical (unpaired) electrons. The Morgan fingerprint density at radius 2 is 1.72 bits per heavy atom. The van der Waals surface area contributed by atoms with Gasteiger partial charge in [-0.15, -0.1) is 0 Å². The second-order valence-corrected chi connectivity index (χ2v) is 4.35. The van der Waals surface area contributed by atoms with Gasteiger partial charge in [0.2, 0.25) is 0 Å². The van der Waals surface area contributed by atoms with Gasteiger partial charge in [-0.3, -0.25) is 4.98 Å². The summed E-state index contributed by atoms with van der Waals surface area (Å²) in [5.74, 6) is 0. The number of benzene rings is 1. The molecule has 3 heteroatoms. The Morgan fingerprint density at radius 1 is 0.944 bits per heavy atom. The van der Waals surface area contributed by atoms with Crippen molar-refractivity contribution in [2.75, 3.05) is 11.6 Å². The molecule has 0 aliphatic carbocycles. The summed E-state index contributed by atoms with van der Waals surface area (Å²) in [7, 11) is 0. The van der Waals surface area contributed by atoms with Crippen LogP contribution in [0.3, 0.4) is 0 Å². The summed E-state index contributed by atoms with van der Waals surface area (Å²) >= 11 is 0. The van der Waals surface area contributed by atoms with Crippen molar-refractivity contribution < 1.29 is 0 Å². The van der Waals surface area contributed by atoms with Gasteiger partial charge in [-0.05, 0) is 17.7 Å². The van der Waals surface area contributed by atoms with E-state index in [4.69, 9.17) is 0 Å². The van der Waals surface area contributed by atoms with Crippen LogP contribution >= 0.6 is 0 Å². The molecule has 1 aliphatic heterocycles. The molecule has 2 heterocycles.